The molecule has 0 aromatic heterocycles. The molecule has 2 aromatic rings. The number of anilines is 1. The molecule has 2 saturated carbocycles. The number of amides is 2. The van der Waals surface area contributed by atoms with E-state index in [1.165, 1.54) is 24.1 Å². The van der Waals surface area contributed by atoms with Crippen LogP contribution in [0.25, 0.3) is 0 Å². The Morgan fingerprint density at radius 1 is 1.17 bits per heavy atom. The summed E-state index contributed by atoms with van der Waals surface area (Å²) in [5.74, 6) is 0.325. The number of carbonyl (C=O) groups excluding carboxylic acids is 2. The SMILES string of the molecule is C#CC1(NC(=O)c2cc(NC(=O)C3CC3(Cl)Cl)ccc2F)CC1.CC.CCCc1cccc(Cl)c1. The molecule has 0 aliphatic heterocycles. The van der Waals surface area contributed by atoms with Gasteiger partial charge in [-0.25, -0.2) is 4.39 Å². The first-order valence-electron chi connectivity index (χ1n) is 11.6. The first-order chi connectivity index (χ1) is 16.6. The Hall–Kier alpha value is -2.26. The van der Waals surface area contributed by atoms with Crippen molar-refractivity contribution >= 4 is 52.3 Å². The number of hydrogen-bond donors (Lipinski definition) is 2. The summed E-state index contributed by atoms with van der Waals surface area (Å²) < 4.78 is 12.8. The second-order valence-electron chi connectivity index (χ2n) is 8.26. The highest BCUT2D eigenvalue weighted by Gasteiger charge is 2.56. The zero-order chi connectivity index (χ0) is 26.2. The van der Waals surface area contributed by atoms with Crippen molar-refractivity contribution in [2.75, 3.05) is 5.32 Å². The lowest BCUT2D eigenvalue weighted by molar-refractivity contribution is -0.117. The first kappa shape index (κ1) is 29.0. The molecule has 2 N–H and O–H groups in total. The van der Waals surface area contributed by atoms with Crippen molar-refractivity contribution in [2.24, 2.45) is 5.92 Å². The van der Waals surface area contributed by atoms with Crippen LogP contribution in [0.15, 0.2) is 42.5 Å². The summed E-state index contributed by atoms with van der Waals surface area (Å²) >= 11 is 17.4. The number of benzene rings is 2. The van der Waals surface area contributed by atoms with Gasteiger partial charge in [0.15, 0.2) is 0 Å². The molecule has 0 radical (unpaired) electrons. The van der Waals surface area contributed by atoms with Crippen molar-refractivity contribution in [1.82, 2.24) is 5.32 Å². The van der Waals surface area contributed by atoms with Gasteiger partial charge in [0, 0.05) is 10.7 Å². The highest BCUT2D eigenvalue weighted by molar-refractivity contribution is 6.52. The van der Waals surface area contributed by atoms with E-state index in [2.05, 4.69) is 29.5 Å². The summed E-state index contributed by atoms with van der Waals surface area (Å²) in [6, 6.07) is 11.8. The van der Waals surface area contributed by atoms with Crippen LogP contribution in [0.2, 0.25) is 5.02 Å². The molecule has 0 heterocycles. The number of terminal acetylenes is 1. The van der Waals surface area contributed by atoms with Crippen molar-refractivity contribution in [2.45, 2.75) is 62.7 Å². The maximum Gasteiger partial charge on any atom is 0.255 e. The van der Waals surface area contributed by atoms with Gasteiger partial charge in [-0.1, -0.05) is 56.8 Å². The minimum absolute atomic E-state index is 0.178. The quantitative estimate of drug-likeness (QED) is 0.302. The smallest absolute Gasteiger partial charge is 0.255 e. The zero-order valence-corrected chi connectivity index (χ0v) is 22.3. The van der Waals surface area contributed by atoms with Crippen LogP contribution >= 0.6 is 34.8 Å². The Morgan fingerprint density at radius 3 is 2.34 bits per heavy atom. The van der Waals surface area contributed by atoms with Crippen LogP contribution in [-0.2, 0) is 11.2 Å². The molecule has 0 bridgehead atoms. The van der Waals surface area contributed by atoms with Gasteiger partial charge in [0.25, 0.3) is 5.91 Å². The molecular formula is C27H30Cl3FN2O2. The van der Waals surface area contributed by atoms with Gasteiger partial charge in [-0.2, -0.15) is 0 Å². The fourth-order valence-corrected chi connectivity index (χ4v) is 3.92. The number of nitrogens with one attached hydrogen (secondary N) is 2. The van der Waals surface area contributed by atoms with Crippen molar-refractivity contribution < 1.29 is 14.0 Å². The van der Waals surface area contributed by atoms with Crippen LogP contribution in [0.4, 0.5) is 10.1 Å². The average molecular weight is 540 g/mol. The maximum absolute atomic E-state index is 13.9. The highest BCUT2D eigenvalue weighted by atomic mass is 35.5. The summed E-state index contributed by atoms with van der Waals surface area (Å²) in [6.45, 7) is 6.17. The second kappa shape index (κ2) is 12.6. The summed E-state index contributed by atoms with van der Waals surface area (Å²) in [4.78, 5) is 24.1. The van der Waals surface area contributed by atoms with E-state index in [1.54, 1.807) is 0 Å². The van der Waals surface area contributed by atoms with E-state index in [-0.39, 0.29) is 11.5 Å². The second-order valence-corrected chi connectivity index (χ2v) is 10.2. The summed E-state index contributed by atoms with van der Waals surface area (Å²) in [6.07, 6.45) is 9.36. The van der Waals surface area contributed by atoms with E-state index < -0.39 is 27.5 Å². The molecule has 4 rings (SSSR count). The Bertz CT molecular complexity index is 1090. The predicted octanol–water partition coefficient (Wildman–Crippen LogP) is 7.17. The lowest BCUT2D eigenvalue weighted by atomic mass is 10.1. The normalized spacial score (nSPS) is 17.8. The molecule has 2 fully saturated rings. The van der Waals surface area contributed by atoms with Crippen LogP contribution in [0, 0.1) is 24.1 Å². The monoisotopic (exact) mass is 538 g/mol. The van der Waals surface area contributed by atoms with Gasteiger partial charge in [0.05, 0.1) is 11.5 Å². The van der Waals surface area contributed by atoms with Gasteiger partial charge >= 0.3 is 0 Å². The summed E-state index contributed by atoms with van der Waals surface area (Å²) in [5.41, 5.74) is 0.773. The van der Waals surface area contributed by atoms with Crippen LogP contribution in [0.3, 0.4) is 0 Å². The maximum atomic E-state index is 13.9. The van der Waals surface area contributed by atoms with Crippen LogP contribution in [-0.4, -0.2) is 21.7 Å². The van der Waals surface area contributed by atoms with Gasteiger partial charge in [-0.3, -0.25) is 9.59 Å². The molecule has 0 spiro atoms. The van der Waals surface area contributed by atoms with Crippen LogP contribution in [0.5, 0.6) is 0 Å². The van der Waals surface area contributed by atoms with E-state index in [4.69, 9.17) is 41.2 Å². The van der Waals surface area contributed by atoms with E-state index in [1.807, 2.05) is 32.0 Å². The fraction of sp³-hybridized carbons (Fsp3) is 0.407. The molecule has 1 atom stereocenters. The molecule has 35 heavy (non-hydrogen) atoms. The van der Waals surface area contributed by atoms with Crippen LogP contribution < -0.4 is 10.6 Å². The van der Waals surface area contributed by atoms with Gasteiger partial charge in [0.1, 0.15) is 15.7 Å². The molecule has 1 unspecified atom stereocenters. The largest absolute Gasteiger partial charge is 0.336 e. The standard InChI is InChI=1S/C16H13Cl2FN2O2.C9H11Cl.C2H6/c1-2-15(5-6-15)21-13(22)10-7-9(3-4-12(10)19)20-14(23)11-8-16(11,17)18;1-2-4-8-5-3-6-9(10)7-8;1-2/h1,3-4,7,11H,5-6,8H2,(H,20,23)(H,21,22);3,5-7H,2,4H2,1H3;1-2H3. The number of halogens is 4. The van der Waals surface area contributed by atoms with E-state index in [0.717, 1.165) is 17.5 Å². The molecular weight excluding hydrogens is 510 g/mol. The minimum Gasteiger partial charge on any atom is -0.336 e. The molecule has 188 valence electrons. The molecule has 2 amide bonds. The average Bonchev–Trinajstić information content (AvgIpc) is 3.73. The van der Waals surface area contributed by atoms with Crippen molar-refractivity contribution in [3.63, 3.8) is 0 Å². The third-order valence-electron chi connectivity index (χ3n) is 5.43. The number of aryl methyl sites for hydroxylation is 1. The molecule has 2 aliphatic rings. The Morgan fingerprint density at radius 2 is 1.83 bits per heavy atom. The van der Waals surface area contributed by atoms with Gasteiger partial charge in [-0.15, -0.1) is 29.6 Å². The molecule has 8 heteroatoms. The Labute approximate surface area is 221 Å². The lowest BCUT2D eigenvalue weighted by Gasteiger charge is -2.12. The molecule has 2 aromatic carbocycles. The highest BCUT2D eigenvalue weighted by Crippen LogP contribution is 2.53. The van der Waals surface area contributed by atoms with E-state index in [9.17, 15) is 14.0 Å². The minimum atomic E-state index is -1.05. The summed E-state index contributed by atoms with van der Waals surface area (Å²) in [5, 5.41) is 6.05. The number of alkyl halides is 2. The molecule has 2 aliphatic carbocycles. The molecule has 4 nitrogen and oxygen atoms in total. The van der Waals surface area contributed by atoms with Gasteiger partial charge < -0.3 is 10.6 Å². The summed E-state index contributed by atoms with van der Waals surface area (Å²) in [7, 11) is 0. The topological polar surface area (TPSA) is 58.2 Å². The third kappa shape index (κ3) is 8.42. The van der Waals surface area contributed by atoms with Gasteiger partial charge in [0.2, 0.25) is 5.91 Å². The number of hydrogen-bond acceptors (Lipinski definition) is 2. The van der Waals surface area contributed by atoms with Gasteiger partial charge in [-0.05, 0) is 61.6 Å². The lowest BCUT2D eigenvalue weighted by Crippen LogP contribution is -2.36. The Kier molecular flexibility index (Phi) is 10.5. The van der Waals surface area contributed by atoms with E-state index in [0.29, 0.717) is 24.9 Å². The number of carbonyl (C=O) groups is 2. The predicted molar refractivity (Wildman–Crippen MR) is 143 cm³/mol. The third-order valence-corrected chi connectivity index (χ3v) is 6.50. The van der Waals surface area contributed by atoms with Crippen LogP contribution in [0.1, 0.15) is 62.4 Å². The molecule has 0 saturated heterocycles. The van der Waals surface area contributed by atoms with E-state index >= 15 is 0 Å². The van der Waals surface area contributed by atoms with Crippen molar-refractivity contribution in [3.8, 4) is 12.3 Å². The first-order valence-corrected chi connectivity index (χ1v) is 12.8. The number of rotatable bonds is 6. The van der Waals surface area contributed by atoms with Crippen molar-refractivity contribution in [3.05, 3.63) is 64.4 Å². The Balaban J connectivity index is 0.000000302. The van der Waals surface area contributed by atoms with Crippen molar-refractivity contribution in [1.29, 1.82) is 0 Å². The zero-order valence-electron chi connectivity index (χ0n) is 20.1. The fourth-order valence-electron chi connectivity index (χ4n) is 3.20.